The Bertz CT molecular complexity index is 338. The van der Waals surface area contributed by atoms with E-state index in [0.29, 0.717) is 11.3 Å². The molecule has 2 aliphatic heterocycles. The van der Waals surface area contributed by atoms with Crippen LogP contribution in [0.15, 0.2) is 39.9 Å². The van der Waals surface area contributed by atoms with E-state index in [2.05, 4.69) is 34.9 Å². The van der Waals surface area contributed by atoms with Gasteiger partial charge >= 0.3 is 0 Å². The molecule has 0 aromatic carbocycles. The largest absolute Gasteiger partial charge is 0.351 e. The monoisotopic (exact) mass is 175 g/mol. The standard InChI is InChI=1S/C9H7N2S/c1-2-6-7-4-10-5-11-9(7)12-8(6)3-1/h1-4,6,9H,(H,10,11). The summed E-state index contributed by atoms with van der Waals surface area (Å²) in [5.74, 6) is 0.498. The molecule has 2 heterocycles. The van der Waals surface area contributed by atoms with E-state index in [1.807, 2.05) is 18.0 Å². The lowest BCUT2D eigenvalue weighted by molar-refractivity contribution is 0.837. The second-order valence-electron chi connectivity index (χ2n) is 2.94. The molecular formula is C9H7N2S. The van der Waals surface area contributed by atoms with Crippen molar-refractivity contribution in [3.05, 3.63) is 34.9 Å². The molecule has 2 atom stereocenters. The van der Waals surface area contributed by atoms with Gasteiger partial charge in [0, 0.05) is 12.1 Å². The van der Waals surface area contributed by atoms with Crippen LogP contribution in [0, 0.1) is 5.92 Å². The molecule has 59 valence electrons. The first kappa shape index (κ1) is 6.54. The number of allylic oxidation sites excluding steroid dienone is 4. The fourth-order valence-electron chi connectivity index (χ4n) is 1.68. The van der Waals surface area contributed by atoms with Gasteiger partial charge in [-0.1, -0.05) is 18.2 Å². The van der Waals surface area contributed by atoms with E-state index in [1.54, 1.807) is 0 Å². The van der Waals surface area contributed by atoms with Crippen molar-refractivity contribution in [2.45, 2.75) is 5.37 Å². The van der Waals surface area contributed by atoms with Gasteiger partial charge in [0.1, 0.15) is 5.37 Å². The molecule has 0 aromatic heterocycles. The zero-order valence-corrected chi connectivity index (χ0v) is 7.14. The summed E-state index contributed by atoms with van der Waals surface area (Å²) < 4.78 is 0. The van der Waals surface area contributed by atoms with Crippen LogP contribution in [-0.2, 0) is 0 Å². The lowest BCUT2D eigenvalue weighted by Crippen LogP contribution is -2.26. The number of hydrogen-bond donors (Lipinski definition) is 1. The topological polar surface area (TPSA) is 24.4 Å². The number of nitrogens with one attached hydrogen (secondary N) is 1. The molecule has 3 rings (SSSR count). The molecule has 12 heavy (non-hydrogen) atoms. The van der Waals surface area contributed by atoms with Crippen molar-refractivity contribution in [1.82, 2.24) is 5.32 Å². The van der Waals surface area contributed by atoms with Crippen LogP contribution in [0.4, 0.5) is 0 Å². The summed E-state index contributed by atoms with van der Waals surface area (Å²) >= 11 is 1.86. The predicted octanol–water partition coefficient (Wildman–Crippen LogP) is 1.52. The fraction of sp³-hybridized carbons (Fsp3) is 0.222. The molecule has 0 aromatic rings. The van der Waals surface area contributed by atoms with Crippen molar-refractivity contribution in [2.24, 2.45) is 10.9 Å². The van der Waals surface area contributed by atoms with E-state index in [9.17, 15) is 0 Å². The summed E-state index contributed by atoms with van der Waals surface area (Å²) in [6, 6.07) is 0. The minimum Gasteiger partial charge on any atom is -0.351 e. The summed E-state index contributed by atoms with van der Waals surface area (Å²) in [6.07, 6.45) is 11.2. The van der Waals surface area contributed by atoms with Gasteiger partial charge < -0.3 is 5.32 Å². The molecule has 3 aliphatic rings. The van der Waals surface area contributed by atoms with Crippen molar-refractivity contribution >= 4 is 18.1 Å². The number of fused-ring (bicyclic) bond motifs is 3. The van der Waals surface area contributed by atoms with E-state index in [-0.39, 0.29) is 0 Å². The third-order valence-corrected chi connectivity index (χ3v) is 3.55. The number of hydrogen-bond acceptors (Lipinski definition) is 3. The second-order valence-corrected chi connectivity index (χ2v) is 4.12. The maximum atomic E-state index is 3.98. The Balaban J connectivity index is 2.06. The van der Waals surface area contributed by atoms with Gasteiger partial charge in [0.25, 0.3) is 0 Å². The first-order chi connectivity index (χ1) is 5.95. The number of thioether (sulfide) groups is 1. The van der Waals surface area contributed by atoms with Gasteiger partial charge in [-0.05, 0) is 10.5 Å². The lowest BCUT2D eigenvalue weighted by atomic mass is 10.0. The van der Waals surface area contributed by atoms with Crippen molar-refractivity contribution in [3.63, 3.8) is 0 Å². The first-order valence-electron chi connectivity index (χ1n) is 3.90. The van der Waals surface area contributed by atoms with Crippen molar-refractivity contribution in [3.8, 4) is 0 Å². The minimum atomic E-state index is 0.378. The molecular weight excluding hydrogens is 168 g/mol. The highest BCUT2D eigenvalue weighted by molar-refractivity contribution is 8.04. The Hall–Kier alpha value is -0.960. The third kappa shape index (κ3) is 0.743. The van der Waals surface area contributed by atoms with Crippen LogP contribution >= 0.6 is 11.8 Å². The van der Waals surface area contributed by atoms with Crippen molar-refractivity contribution in [2.75, 3.05) is 0 Å². The first-order valence-corrected chi connectivity index (χ1v) is 4.78. The average Bonchev–Trinajstić information content (AvgIpc) is 2.62. The molecule has 2 unspecified atom stereocenters. The SMILES string of the molecule is [C]1=NC=C2C(N1)SC1=CC=CC12. The van der Waals surface area contributed by atoms with E-state index in [4.69, 9.17) is 0 Å². The summed E-state index contributed by atoms with van der Waals surface area (Å²) in [5.41, 5.74) is 1.36. The van der Waals surface area contributed by atoms with Crippen LogP contribution in [-0.4, -0.2) is 11.7 Å². The molecule has 0 spiro atoms. The minimum absolute atomic E-state index is 0.378. The average molecular weight is 175 g/mol. The van der Waals surface area contributed by atoms with Gasteiger partial charge in [0.15, 0.2) is 6.34 Å². The maximum Gasteiger partial charge on any atom is 0.170 e. The van der Waals surface area contributed by atoms with E-state index >= 15 is 0 Å². The van der Waals surface area contributed by atoms with Crippen LogP contribution in [0.25, 0.3) is 0 Å². The molecule has 0 saturated carbocycles. The molecule has 3 heteroatoms. The van der Waals surface area contributed by atoms with Crippen molar-refractivity contribution < 1.29 is 0 Å². The summed E-state index contributed by atoms with van der Waals surface area (Å²) in [5, 5.41) is 3.49. The highest BCUT2D eigenvalue weighted by Crippen LogP contribution is 2.48. The molecule has 1 saturated heterocycles. The van der Waals surface area contributed by atoms with Crippen LogP contribution < -0.4 is 5.32 Å². The van der Waals surface area contributed by atoms with Gasteiger partial charge in [-0.25, -0.2) is 4.99 Å². The molecule has 1 N–H and O–H groups in total. The zero-order valence-electron chi connectivity index (χ0n) is 6.32. The Labute approximate surface area is 75.1 Å². The second kappa shape index (κ2) is 2.26. The molecule has 1 aliphatic carbocycles. The summed E-state index contributed by atoms with van der Waals surface area (Å²) in [4.78, 5) is 5.41. The van der Waals surface area contributed by atoms with E-state index < -0.39 is 0 Å². The van der Waals surface area contributed by atoms with Gasteiger partial charge in [-0.3, -0.25) is 0 Å². The fourth-order valence-corrected chi connectivity index (χ4v) is 2.92. The Morgan fingerprint density at radius 3 is 3.58 bits per heavy atom. The summed E-state index contributed by atoms with van der Waals surface area (Å²) in [6.45, 7) is 0. The highest BCUT2D eigenvalue weighted by Gasteiger charge is 2.35. The number of nitrogens with zero attached hydrogens (tertiary/aromatic N) is 1. The third-order valence-electron chi connectivity index (χ3n) is 2.26. The quantitative estimate of drug-likeness (QED) is 0.603. The molecule has 0 bridgehead atoms. The Morgan fingerprint density at radius 1 is 1.58 bits per heavy atom. The Kier molecular flexibility index (Phi) is 1.23. The van der Waals surface area contributed by atoms with Gasteiger partial charge in [0.2, 0.25) is 0 Å². The molecule has 0 amide bonds. The number of rotatable bonds is 0. The van der Waals surface area contributed by atoms with Gasteiger partial charge in [0.05, 0.1) is 0 Å². The molecule has 1 fully saturated rings. The van der Waals surface area contributed by atoms with Gasteiger partial charge in [-0.2, -0.15) is 0 Å². The van der Waals surface area contributed by atoms with Crippen LogP contribution in [0.2, 0.25) is 0 Å². The Morgan fingerprint density at radius 2 is 2.58 bits per heavy atom. The lowest BCUT2D eigenvalue weighted by Gasteiger charge is -2.13. The van der Waals surface area contributed by atoms with Crippen LogP contribution in [0.1, 0.15) is 0 Å². The number of aliphatic imine (C=N–C) groups is 1. The predicted molar refractivity (Wildman–Crippen MR) is 50.7 cm³/mol. The normalized spacial score (nSPS) is 35.3. The molecule has 2 nitrogen and oxygen atoms in total. The van der Waals surface area contributed by atoms with Crippen LogP contribution in [0.5, 0.6) is 0 Å². The highest BCUT2D eigenvalue weighted by atomic mass is 32.2. The van der Waals surface area contributed by atoms with Gasteiger partial charge in [-0.15, -0.1) is 11.8 Å². The van der Waals surface area contributed by atoms with E-state index in [1.165, 1.54) is 10.5 Å². The smallest absolute Gasteiger partial charge is 0.170 e. The zero-order chi connectivity index (χ0) is 7.97. The maximum absolute atomic E-state index is 3.98. The van der Waals surface area contributed by atoms with E-state index in [0.717, 1.165) is 0 Å². The van der Waals surface area contributed by atoms with Crippen LogP contribution in [0.3, 0.4) is 0 Å². The molecule has 1 radical (unpaired) electrons. The summed E-state index contributed by atoms with van der Waals surface area (Å²) in [7, 11) is 0. The van der Waals surface area contributed by atoms with Crippen molar-refractivity contribution in [1.29, 1.82) is 0 Å².